The van der Waals surface area contributed by atoms with Gasteiger partial charge in [-0.2, -0.15) is 0 Å². The second-order valence-electron chi connectivity index (χ2n) is 6.35. The second kappa shape index (κ2) is 9.93. The van der Waals surface area contributed by atoms with Crippen molar-refractivity contribution in [1.82, 2.24) is 0 Å². The minimum atomic E-state index is -1.10. The molecule has 0 aliphatic rings. The lowest BCUT2D eigenvalue weighted by Gasteiger charge is -2.12. The van der Waals surface area contributed by atoms with Crippen molar-refractivity contribution in [2.45, 2.75) is 6.61 Å². The molecule has 0 saturated heterocycles. The lowest BCUT2D eigenvalue weighted by atomic mass is 10.0. The highest BCUT2D eigenvalue weighted by molar-refractivity contribution is 6.15. The number of carbonyl (C=O) groups is 1. The number of carboxylic acids is 1. The lowest BCUT2D eigenvalue weighted by Crippen LogP contribution is -2.06. The van der Waals surface area contributed by atoms with E-state index in [0.29, 0.717) is 28.4 Å². The summed E-state index contributed by atoms with van der Waals surface area (Å²) in [4.78, 5) is 21.8. The van der Waals surface area contributed by atoms with Gasteiger partial charge in [0.25, 0.3) is 5.69 Å². The largest absolute Gasteiger partial charge is 0.503 e. The summed E-state index contributed by atoms with van der Waals surface area (Å²) in [7, 11) is 1.39. The van der Waals surface area contributed by atoms with Gasteiger partial charge in [0.15, 0.2) is 0 Å². The number of carboxylic acid groups (broad SMARTS) is 1. The van der Waals surface area contributed by atoms with Crippen molar-refractivity contribution in [1.29, 1.82) is 0 Å². The summed E-state index contributed by atoms with van der Waals surface area (Å²) in [5.41, 5.74) is 1.17. The fourth-order valence-corrected chi connectivity index (χ4v) is 2.82. The molecule has 3 aromatic rings. The first kappa shape index (κ1) is 21.4. The Hall–Kier alpha value is -4.33. The molecule has 0 aliphatic heterocycles. The van der Waals surface area contributed by atoms with Gasteiger partial charge in [-0.3, -0.25) is 10.1 Å². The molecule has 0 bridgehead atoms. The summed E-state index contributed by atoms with van der Waals surface area (Å²) in [6.45, 7) is 0.130. The molecular formula is C23H19NO7. The van der Waals surface area contributed by atoms with Crippen molar-refractivity contribution in [3.8, 4) is 17.2 Å². The molecule has 0 saturated carbocycles. The number of aliphatic carboxylic acids is 1. The van der Waals surface area contributed by atoms with Crippen LogP contribution in [0.1, 0.15) is 11.1 Å². The first-order chi connectivity index (χ1) is 15.0. The zero-order valence-electron chi connectivity index (χ0n) is 16.6. The van der Waals surface area contributed by atoms with Gasteiger partial charge in [0, 0.05) is 18.2 Å². The van der Waals surface area contributed by atoms with E-state index in [1.54, 1.807) is 48.5 Å². The van der Waals surface area contributed by atoms with Gasteiger partial charge in [-0.1, -0.05) is 30.3 Å². The van der Waals surface area contributed by atoms with E-state index in [4.69, 9.17) is 14.2 Å². The van der Waals surface area contributed by atoms with Crippen LogP contribution < -0.4 is 9.47 Å². The third kappa shape index (κ3) is 5.60. The second-order valence-corrected chi connectivity index (χ2v) is 6.35. The third-order valence-electron chi connectivity index (χ3n) is 4.26. The van der Waals surface area contributed by atoms with Crippen LogP contribution in [-0.4, -0.2) is 23.1 Å². The number of nitro benzene ring substituents is 1. The molecular weight excluding hydrogens is 402 g/mol. The quantitative estimate of drug-likeness (QED) is 0.223. The molecule has 31 heavy (non-hydrogen) atoms. The summed E-state index contributed by atoms with van der Waals surface area (Å²) < 4.78 is 16.5. The highest BCUT2D eigenvalue weighted by Crippen LogP contribution is 2.28. The van der Waals surface area contributed by atoms with E-state index in [1.165, 1.54) is 37.6 Å². The van der Waals surface area contributed by atoms with E-state index < -0.39 is 10.9 Å². The Morgan fingerprint density at radius 2 is 1.71 bits per heavy atom. The summed E-state index contributed by atoms with van der Waals surface area (Å²) in [5, 5.41) is 20.2. The zero-order chi connectivity index (χ0) is 22.2. The van der Waals surface area contributed by atoms with Crippen LogP contribution >= 0.6 is 0 Å². The predicted octanol–water partition coefficient (Wildman–Crippen LogP) is 5.04. The van der Waals surface area contributed by atoms with Gasteiger partial charge >= 0.3 is 5.97 Å². The first-order valence-corrected chi connectivity index (χ1v) is 9.17. The number of nitro groups is 1. The molecule has 158 valence electrons. The van der Waals surface area contributed by atoms with Crippen molar-refractivity contribution in [3.05, 3.63) is 100 Å². The van der Waals surface area contributed by atoms with Crippen LogP contribution in [0.15, 0.2) is 79.1 Å². The van der Waals surface area contributed by atoms with Gasteiger partial charge < -0.3 is 19.3 Å². The van der Waals surface area contributed by atoms with E-state index in [9.17, 15) is 20.0 Å². The highest BCUT2D eigenvalue weighted by Gasteiger charge is 2.15. The van der Waals surface area contributed by atoms with Crippen molar-refractivity contribution in [2.75, 3.05) is 7.11 Å². The Bertz CT molecular complexity index is 1110. The summed E-state index contributed by atoms with van der Waals surface area (Å²) in [5.74, 6) is 0.351. The number of hydrogen-bond acceptors (Lipinski definition) is 6. The zero-order valence-corrected chi connectivity index (χ0v) is 16.6. The molecule has 0 unspecified atom stereocenters. The number of methoxy groups -OCH3 is 1. The Balaban J connectivity index is 1.73. The molecule has 0 atom stereocenters. The van der Waals surface area contributed by atoms with E-state index >= 15 is 0 Å². The monoisotopic (exact) mass is 421 g/mol. The average molecular weight is 421 g/mol. The van der Waals surface area contributed by atoms with E-state index in [0.717, 1.165) is 0 Å². The Morgan fingerprint density at radius 1 is 1.00 bits per heavy atom. The SMILES string of the molecule is CO/C=C(/C(=O)O)c1ccccc1COc1cccc(Oc2ccc([N+](=O)[O-])cc2)c1. The van der Waals surface area contributed by atoms with Crippen LogP contribution in [0.25, 0.3) is 5.57 Å². The summed E-state index contributed by atoms with van der Waals surface area (Å²) in [6.07, 6.45) is 1.18. The van der Waals surface area contributed by atoms with Crippen molar-refractivity contribution < 1.29 is 29.0 Å². The normalized spacial score (nSPS) is 10.9. The van der Waals surface area contributed by atoms with Gasteiger partial charge in [-0.15, -0.1) is 0 Å². The number of non-ortho nitro benzene ring substituents is 1. The van der Waals surface area contributed by atoms with Crippen LogP contribution in [0.3, 0.4) is 0 Å². The molecule has 0 aliphatic carbocycles. The number of nitrogens with zero attached hydrogens (tertiary/aromatic N) is 1. The molecule has 0 radical (unpaired) electrons. The van der Waals surface area contributed by atoms with Crippen molar-refractivity contribution >= 4 is 17.2 Å². The molecule has 0 heterocycles. The summed E-state index contributed by atoms with van der Waals surface area (Å²) >= 11 is 0. The highest BCUT2D eigenvalue weighted by atomic mass is 16.6. The van der Waals surface area contributed by atoms with E-state index in [2.05, 4.69) is 0 Å². The number of rotatable bonds is 9. The number of ether oxygens (including phenoxy) is 3. The fraction of sp³-hybridized carbons (Fsp3) is 0.0870. The van der Waals surface area contributed by atoms with Crippen LogP contribution in [0, 0.1) is 10.1 Å². The lowest BCUT2D eigenvalue weighted by molar-refractivity contribution is -0.384. The summed E-state index contributed by atoms with van der Waals surface area (Å²) in [6, 6.07) is 19.6. The molecule has 1 N–H and O–H groups in total. The van der Waals surface area contributed by atoms with Gasteiger partial charge in [-0.05, 0) is 35.4 Å². The van der Waals surface area contributed by atoms with Gasteiger partial charge in [-0.25, -0.2) is 4.79 Å². The topological polar surface area (TPSA) is 108 Å². The maximum atomic E-state index is 11.5. The molecule has 8 nitrogen and oxygen atoms in total. The average Bonchev–Trinajstić information content (AvgIpc) is 2.77. The van der Waals surface area contributed by atoms with Gasteiger partial charge in [0.2, 0.25) is 0 Å². The van der Waals surface area contributed by atoms with Gasteiger partial charge in [0.1, 0.15) is 29.4 Å². The van der Waals surface area contributed by atoms with Crippen LogP contribution in [0.2, 0.25) is 0 Å². The standard InChI is InChI=1S/C23H19NO7/c1-29-15-22(23(25)26)21-8-3-2-5-16(21)14-30-19-6-4-7-20(13-19)31-18-11-9-17(10-12-18)24(27)28/h2-13,15H,14H2,1H3,(H,25,26)/b22-15+. The molecule has 8 heteroatoms. The maximum Gasteiger partial charge on any atom is 0.339 e. The molecule has 3 aromatic carbocycles. The number of hydrogen-bond donors (Lipinski definition) is 1. The van der Waals surface area contributed by atoms with Gasteiger partial charge in [0.05, 0.1) is 18.3 Å². The predicted molar refractivity (Wildman–Crippen MR) is 113 cm³/mol. The van der Waals surface area contributed by atoms with Crippen LogP contribution in [0.5, 0.6) is 17.2 Å². The smallest absolute Gasteiger partial charge is 0.339 e. The first-order valence-electron chi connectivity index (χ1n) is 9.17. The van der Waals surface area contributed by atoms with E-state index in [1.807, 2.05) is 0 Å². The minimum Gasteiger partial charge on any atom is -0.503 e. The van der Waals surface area contributed by atoms with E-state index in [-0.39, 0.29) is 17.9 Å². The number of benzene rings is 3. The molecule has 3 rings (SSSR count). The maximum absolute atomic E-state index is 11.5. The molecule has 0 amide bonds. The van der Waals surface area contributed by atoms with Crippen molar-refractivity contribution in [2.24, 2.45) is 0 Å². The molecule has 0 spiro atoms. The minimum absolute atomic E-state index is 0.0219. The molecule has 0 fully saturated rings. The molecule has 0 aromatic heterocycles. The van der Waals surface area contributed by atoms with Crippen LogP contribution in [-0.2, 0) is 16.1 Å². The van der Waals surface area contributed by atoms with Crippen molar-refractivity contribution in [3.63, 3.8) is 0 Å². The Morgan fingerprint density at radius 3 is 2.39 bits per heavy atom. The Kier molecular flexibility index (Phi) is 6.85. The third-order valence-corrected chi connectivity index (χ3v) is 4.26. The van der Waals surface area contributed by atoms with Crippen LogP contribution in [0.4, 0.5) is 5.69 Å². The Labute approximate surface area is 178 Å². The fourth-order valence-electron chi connectivity index (χ4n) is 2.82.